The standard InChI is InChI=1S/C12H22N4O2S/c1-5-6-7-16-11(18)14-15-12(16)19-9(4)10(17)13-8(2)3/h8-9H,5-7H2,1-4H3,(H,13,17)(H,14,18). The Bertz CT molecular complexity index is 467. The van der Waals surface area contributed by atoms with E-state index in [9.17, 15) is 9.59 Å². The first-order chi connectivity index (χ1) is 8.95. The van der Waals surface area contributed by atoms with Crippen LogP contribution in [0.25, 0.3) is 0 Å². The van der Waals surface area contributed by atoms with Crippen LogP contribution < -0.4 is 11.0 Å². The molecule has 1 unspecified atom stereocenters. The molecule has 0 aliphatic carbocycles. The van der Waals surface area contributed by atoms with Crippen molar-refractivity contribution in [3.05, 3.63) is 10.5 Å². The molecule has 1 aromatic heterocycles. The third-order valence-corrected chi connectivity index (χ3v) is 3.63. The highest BCUT2D eigenvalue weighted by Crippen LogP contribution is 2.20. The SMILES string of the molecule is CCCCn1c(SC(C)C(=O)NC(C)C)n[nH]c1=O. The first kappa shape index (κ1) is 15.8. The summed E-state index contributed by atoms with van der Waals surface area (Å²) in [5, 5.41) is 9.56. The number of H-pyrrole nitrogens is 1. The van der Waals surface area contributed by atoms with Crippen molar-refractivity contribution in [2.75, 3.05) is 0 Å². The molecule has 0 spiro atoms. The summed E-state index contributed by atoms with van der Waals surface area (Å²) in [4.78, 5) is 23.4. The minimum Gasteiger partial charge on any atom is -0.353 e. The lowest BCUT2D eigenvalue weighted by molar-refractivity contribution is -0.120. The van der Waals surface area contributed by atoms with Crippen molar-refractivity contribution < 1.29 is 4.79 Å². The summed E-state index contributed by atoms with van der Waals surface area (Å²) in [5.74, 6) is -0.0440. The van der Waals surface area contributed by atoms with Crippen molar-refractivity contribution >= 4 is 17.7 Å². The van der Waals surface area contributed by atoms with E-state index in [4.69, 9.17) is 0 Å². The van der Waals surface area contributed by atoms with Crippen LogP contribution in [-0.4, -0.2) is 32.0 Å². The van der Waals surface area contributed by atoms with Gasteiger partial charge in [-0.05, 0) is 27.2 Å². The summed E-state index contributed by atoms with van der Waals surface area (Å²) >= 11 is 1.30. The average Bonchev–Trinajstić information content (AvgIpc) is 2.67. The largest absolute Gasteiger partial charge is 0.353 e. The van der Waals surface area contributed by atoms with Crippen LogP contribution in [0.15, 0.2) is 9.95 Å². The van der Waals surface area contributed by atoms with Gasteiger partial charge in [-0.2, -0.15) is 0 Å². The Labute approximate surface area is 117 Å². The predicted molar refractivity (Wildman–Crippen MR) is 76.4 cm³/mol. The Hall–Kier alpha value is -1.24. The lowest BCUT2D eigenvalue weighted by atomic mass is 10.3. The third kappa shape index (κ3) is 4.74. The van der Waals surface area contributed by atoms with E-state index in [0.29, 0.717) is 11.7 Å². The Morgan fingerprint density at radius 3 is 2.74 bits per heavy atom. The highest BCUT2D eigenvalue weighted by molar-refractivity contribution is 8.00. The Kier molecular flexibility index (Phi) is 6.14. The number of nitrogens with one attached hydrogen (secondary N) is 2. The zero-order chi connectivity index (χ0) is 14.4. The number of unbranched alkanes of at least 4 members (excludes halogenated alkanes) is 1. The predicted octanol–water partition coefficient (Wildman–Crippen LogP) is 1.38. The number of hydrogen-bond donors (Lipinski definition) is 2. The highest BCUT2D eigenvalue weighted by atomic mass is 32.2. The van der Waals surface area contributed by atoms with E-state index in [1.807, 2.05) is 20.8 Å². The molecule has 1 amide bonds. The molecule has 0 saturated carbocycles. The quantitative estimate of drug-likeness (QED) is 0.742. The Morgan fingerprint density at radius 2 is 2.16 bits per heavy atom. The molecular formula is C12H22N4O2S. The van der Waals surface area contributed by atoms with E-state index < -0.39 is 0 Å². The van der Waals surface area contributed by atoms with Gasteiger partial charge >= 0.3 is 5.69 Å². The number of carbonyl (C=O) groups is 1. The van der Waals surface area contributed by atoms with E-state index in [0.717, 1.165) is 12.8 Å². The molecule has 108 valence electrons. The maximum absolute atomic E-state index is 11.8. The fourth-order valence-corrected chi connectivity index (χ4v) is 2.41. The smallest absolute Gasteiger partial charge is 0.343 e. The van der Waals surface area contributed by atoms with Crippen molar-refractivity contribution in [1.29, 1.82) is 0 Å². The lowest BCUT2D eigenvalue weighted by Gasteiger charge is -2.13. The Balaban J connectivity index is 2.71. The molecule has 7 heteroatoms. The lowest BCUT2D eigenvalue weighted by Crippen LogP contribution is -2.36. The highest BCUT2D eigenvalue weighted by Gasteiger charge is 2.19. The van der Waals surface area contributed by atoms with Gasteiger partial charge in [0.25, 0.3) is 0 Å². The van der Waals surface area contributed by atoms with E-state index in [1.54, 1.807) is 4.57 Å². The molecule has 0 aliphatic rings. The van der Waals surface area contributed by atoms with E-state index in [2.05, 4.69) is 22.4 Å². The number of thioether (sulfide) groups is 1. The molecule has 1 heterocycles. The molecule has 0 aromatic carbocycles. The number of amides is 1. The second-order valence-corrected chi connectivity index (χ2v) is 6.05. The number of carbonyl (C=O) groups excluding carboxylic acids is 1. The van der Waals surface area contributed by atoms with Crippen LogP contribution in [0.1, 0.15) is 40.5 Å². The average molecular weight is 286 g/mol. The number of aromatic nitrogens is 3. The summed E-state index contributed by atoms with van der Waals surface area (Å²) in [6.07, 6.45) is 1.92. The first-order valence-electron chi connectivity index (χ1n) is 6.58. The van der Waals surface area contributed by atoms with Crippen molar-refractivity contribution in [2.24, 2.45) is 0 Å². The molecule has 0 saturated heterocycles. The van der Waals surface area contributed by atoms with Gasteiger partial charge in [0.15, 0.2) is 5.16 Å². The fraction of sp³-hybridized carbons (Fsp3) is 0.750. The molecule has 1 rings (SSSR count). The van der Waals surface area contributed by atoms with E-state index in [1.165, 1.54) is 11.8 Å². The second kappa shape index (κ2) is 7.37. The topological polar surface area (TPSA) is 79.8 Å². The normalized spacial score (nSPS) is 12.7. The van der Waals surface area contributed by atoms with Gasteiger partial charge < -0.3 is 5.32 Å². The summed E-state index contributed by atoms with van der Waals surface area (Å²) in [6.45, 7) is 8.34. The first-order valence-corrected chi connectivity index (χ1v) is 7.45. The summed E-state index contributed by atoms with van der Waals surface area (Å²) in [5.41, 5.74) is -0.215. The molecule has 0 aliphatic heterocycles. The molecule has 0 radical (unpaired) electrons. The minimum absolute atomic E-state index is 0.0440. The van der Waals surface area contributed by atoms with Gasteiger partial charge in [-0.3, -0.25) is 9.36 Å². The molecule has 2 N–H and O–H groups in total. The van der Waals surface area contributed by atoms with Gasteiger partial charge in [-0.25, -0.2) is 9.89 Å². The molecule has 19 heavy (non-hydrogen) atoms. The zero-order valence-corrected chi connectivity index (χ0v) is 12.7. The van der Waals surface area contributed by atoms with Crippen LogP contribution in [0.5, 0.6) is 0 Å². The van der Waals surface area contributed by atoms with E-state index in [-0.39, 0.29) is 22.9 Å². The summed E-state index contributed by atoms with van der Waals surface area (Å²) < 4.78 is 1.59. The maximum atomic E-state index is 11.8. The van der Waals surface area contributed by atoms with Crippen LogP contribution in [-0.2, 0) is 11.3 Å². The molecule has 0 bridgehead atoms. The van der Waals surface area contributed by atoms with Gasteiger partial charge in [0.1, 0.15) is 0 Å². The van der Waals surface area contributed by atoms with Gasteiger partial charge in [-0.15, -0.1) is 5.10 Å². The summed E-state index contributed by atoms with van der Waals surface area (Å²) in [7, 11) is 0. The molecule has 6 nitrogen and oxygen atoms in total. The molecule has 1 atom stereocenters. The van der Waals surface area contributed by atoms with Crippen molar-refractivity contribution in [2.45, 2.75) is 63.5 Å². The summed E-state index contributed by atoms with van der Waals surface area (Å²) in [6, 6.07) is 0.108. The molecule has 1 aromatic rings. The maximum Gasteiger partial charge on any atom is 0.343 e. The second-order valence-electron chi connectivity index (χ2n) is 4.74. The van der Waals surface area contributed by atoms with Gasteiger partial charge in [-0.1, -0.05) is 25.1 Å². The monoisotopic (exact) mass is 286 g/mol. The number of rotatable bonds is 7. The molecular weight excluding hydrogens is 264 g/mol. The van der Waals surface area contributed by atoms with Gasteiger partial charge in [0.05, 0.1) is 5.25 Å². The van der Waals surface area contributed by atoms with Gasteiger partial charge in [0.2, 0.25) is 5.91 Å². The van der Waals surface area contributed by atoms with E-state index >= 15 is 0 Å². The van der Waals surface area contributed by atoms with Crippen LogP contribution in [0.3, 0.4) is 0 Å². The number of nitrogens with zero attached hydrogens (tertiary/aromatic N) is 2. The van der Waals surface area contributed by atoms with Crippen LogP contribution in [0.4, 0.5) is 0 Å². The van der Waals surface area contributed by atoms with Crippen molar-refractivity contribution in [3.8, 4) is 0 Å². The number of hydrogen-bond acceptors (Lipinski definition) is 4. The molecule has 0 fully saturated rings. The zero-order valence-electron chi connectivity index (χ0n) is 11.9. The third-order valence-electron chi connectivity index (χ3n) is 2.54. The minimum atomic E-state index is -0.280. The van der Waals surface area contributed by atoms with Crippen LogP contribution in [0, 0.1) is 0 Å². The Morgan fingerprint density at radius 1 is 1.47 bits per heavy atom. The van der Waals surface area contributed by atoms with Crippen molar-refractivity contribution in [1.82, 2.24) is 20.1 Å². The van der Waals surface area contributed by atoms with Crippen LogP contribution in [0.2, 0.25) is 0 Å². The van der Waals surface area contributed by atoms with Gasteiger partial charge in [0, 0.05) is 12.6 Å². The number of aromatic amines is 1. The van der Waals surface area contributed by atoms with Crippen LogP contribution >= 0.6 is 11.8 Å². The fourth-order valence-electron chi connectivity index (χ4n) is 1.52. The van der Waals surface area contributed by atoms with Crippen molar-refractivity contribution in [3.63, 3.8) is 0 Å².